The van der Waals surface area contributed by atoms with Gasteiger partial charge in [0.2, 0.25) is 6.29 Å². The summed E-state index contributed by atoms with van der Waals surface area (Å²) < 4.78 is 11.8. The minimum absolute atomic E-state index is 0.0123. The summed E-state index contributed by atoms with van der Waals surface area (Å²) >= 11 is 0. The highest BCUT2D eigenvalue weighted by Crippen LogP contribution is 2.43. The first kappa shape index (κ1) is 16.8. The van der Waals surface area contributed by atoms with Gasteiger partial charge in [0.15, 0.2) is 5.76 Å². The largest absolute Gasteiger partial charge is 0.459 e. The topological polar surface area (TPSA) is 58.8 Å². The smallest absolute Gasteiger partial charge is 0.288 e. The van der Waals surface area contributed by atoms with E-state index in [1.165, 1.54) is 25.7 Å². The maximum atomic E-state index is 12.4. The van der Waals surface area contributed by atoms with Gasteiger partial charge in [-0.2, -0.15) is 0 Å². The molecule has 3 rings (SSSR count). The van der Waals surface area contributed by atoms with Gasteiger partial charge in [-0.3, -0.25) is 4.79 Å². The van der Waals surface area contributed by atoms with Crippen LogP contribution in [-0.2, 0) is 14.3 Å². The van der Waals surface area contributed by atoms with Gasteiger partial charge in [-0.25, -0.2) is 0 Å². The Kier molecular flexibility index (Phi) is 5.59. The molecule has 0 unspecified atom stereocenters. The van der Waals surface area contributed by atoms with E-state index < -0.39 is 0 Å². The normalized spacial score (nSPS) is 31.0. The fourth-order valence-electron chi connectivity index (χ4n) is 4.07. The SMILES string of the molecule is CCO[C@H]1OC(C(=O)N2CC2)=C[C@@H](C2CCCC2)[C@@H]1CCCO. The number of rotatable bonds is 7. The highest BCUT2D eigenvalue weighted by Gasteiger charge is 2.42. The third kappa shape index (κ3) is 3.89. The van der Waals surface area contributed by atoms with Crippen LogP contribution in [0.5, 0.6) is 0 Å². The first-order valence-electron chi connectivity index (χ1n) is 9.14. The Hall–Kier alpha value is -1.07. The van der Waals surface area contributed by atoms with Crippen LogP contribution in [0.4, 0.5) is 0 Å². The van der Waals surface area contributed by atoms with Gasteiger partial charge in [-0.15, -0.1) is 0 Å². The maximum Gasteiger partial charge on any atom is 0.288 e. The summed E-state index contributed by atoms with van der Waals surface area (Å²) in [6.45, 7) is 4.39. The second-order valence-corrected chi connectivity index (χ2v) is 6.92. The van der Waals surface area contributed by atoms with Crippen molar-refractivity contribution in [1.82, 2.24) is 4.90 Å². The molecule has 0 aromatic heterocycles. The van der Waals surface area contributed by atoms with Crippen molar-refractivity contribution < 1.29 is 19.4 Å². The molecule has 5 heteroatoms. The Balaban J connectivity index is 1.82. The van der Waals surface area contributed by atoms with E-state index in [2.05, 4.69) is 6.08 Å². The predicted octanol–water partition coefficient (Wildman–Crippen LogP) is 2.30. The van der Waals surface area contributed by atoms with E-state index in [1.807, 2.05) is 6.92 Å². The van der Waals surface area contributed by atoms with Crippen LogP contribution in [0, 0.1) is 17.8 Å². The predicted molar refractivity (Wildman–Crippen MR) is 86.4 cm³/mol. The highest BCUT2D eigenvalue weighted by atomic mass is 16.7. The van der Waals surface area contributed by atoms with Crippen molar-refractivity contribution in [3.8, 4) is 0 Å². The molecule has 0 spiro atoms. The van der Waals surface area contributed by atoms with E-state index in [4.69, 9.17) is 9.47 Å². The average molecular weight is 323 g/mol. The van der Waals surface area contributed by atoms with Crippen LogP contribution in [0.3, 0.4) is 0 Å². The molecule has 0 aromatic carbocycles. The number of amides is 1. The molecule has 23 heavy (non-hydrogen) atoms. The van der Waals surface area contributed by atoms with Gasteiger partial charge in [-0.1, -0.05) is 12.8 Å². The van der Waals surface area contributed by atoms with Crippen LogP contribution in [0.1, 0.15) is 45.4 Å². The van der Waals surface area contributed by atoms with Crippen LogP contribution in [0.15, 0.2) is 11.8 Å². The molecule has 1 amide bonds. The third-order valence-corrected chi connectivity index (χ3v) is 5.35. The Labute approximate surface area is 138 Å². The van der Waals surface area contributed by atoms with Gasteiger partial charge in [-0.05, 0) is 50.5 Å². The van der Waals surface area contributed by atoms with E-state index in [9.17, 15) is 9.90 Å². The molecule has 3 atom stereocenters. The van der Waals surface area contributed by atoms with Crippen molar-refractivity contribution in [3.05, 3.63) is 11.8 Å². The van der Waals surface area contributed by atoms with Crippen LogP contribution >= 0.6 is 0 Å². The van der Waals surface area contributed by atoms with Crippen molar-refractivity contribution in [3.63, 3.8) is 0 Å². The number of carbonyl (C=O) groups excluding carboxylic acids is 1. The summed E-state index contributed by atoms with van der Waals surface area (Å²) in [6, 6.07) is 0. The summed E-state index contributed by atoms with van der Waals surface area (Å²) in [5, 5.41) is 9.23. The van der Waals surface area contributed by atoms with Crippen LogP contribution < -0.4 is 0 Å². The Bertz CT molecular complexity index is 440. The number of ether oxygens (including phenoxy) is 2. The lowest BCUT2D eigenvalue weighted by Gasteiger charge is -2.39. The van der Waals surface area contributed by atoms with E-state index in [0.29, 0.717) is 24.2 Å². The fourth-order valence-corrected chi connectivity index (χ4v) is 4.07. The molecular weight excluding hydrogens is 294 g/mol. The lowest BCUT2D eigenvalue weighted by molar-refractivity contribution is -0.177. The second kappa shape index (κ2) is 7.67. The van der Waals surface area contributed by atoms with Crippen molar-refractivity contribution in [1.29, 1.82) is 0 Å². The Morgan fingerprint density at radius 2 is 2.13 bits per heavy atom. The summed E-state index contributed by atoms with van der Waals surface area (Å²) in [7, 11) is 0. The fraction of sp³-hybridized carbons (Fsp3) is 0.833. The zero-order valence-electron chi connectivity index (χ0n) is 14.1. The molecular formula is C18H29NO4. The van der Waals surface area contributed by atoms with Crippen LogP contribution in [0.25, 0.3) is 0 Å². The molecule has 130 valence electrons. The third-order valence-electron chi connectivity index (χ3n) is 5.35. The van der Waals surface area contributed by atoms with Crippen molar-refractivity contribution >= 4 is 5.91 Å². The summed E-state index contributed by atoms with van der Waals surface area (Å²) in [4.78, 5) is 14.2. The summed E-state index contributed by atoms with van der Waals surface area (Å²) in [5.41, 5.74) is 0. The first-order chi connectivity index (χ1) is 11.2. The summed E-state index contributed by atoms with van der Waals surface area (Å²) in [6.07, 6.45) is 8.35. The highest BCUT2D eigenvalue weighted by molar-refractivity contribution is 5.93. The molecule has 5 nitrogen and oxygen atoms in total. The Morgan fingerprint density at radius 1 is 1.39 bits per heavy atom. The molecule has 3 aliphatic rings. The van der Waals surface area contributed by atoms with Crippen molar-refractivity contribution in [2.45, 2.75) is 51.7 Å². The second-order valence-electron chi connectivity index (χ2n) is 6.92. The van der Waals surface area contributed by atoms with E-state index in [0.717, 1.165) is 25.9 Å². The van der Waals surface area contributed by atoms with E-state index in [1.54, 1.807) is 4.90 Å². The Morgan fingerprint density at radius 3 is 2.74 bits per heavy atom. The number of hydrogen-bond donors (Lipinski definition) is 1. The monoisotopic (exact) mass is 323 g/mol. The molecule has 0 aromatic rings. The molecule has 1 saturated carbocycles. The van der Waals surface area contributed by atoms with Gasteiger partial charge in [0, 0.05) is 32.2 Å². The number of hydrogen-bond acceptors (Lipinski definition) is 4. The molecule has 1 saturated heterocycles. The lowest BCUT2D eigenvalue weighted by Crippen LogP contribution is -2.40. The summed E-state index contributed by atoms with van der Waals surface area (Å²) in [5.74, 6) is 1.67. The number of nitrogens with zero attached hydrogens (tertiary/aromatic N) is 1. The number of aliphatic hydroxyl groups is 1. The molecule has 2 heterocycles. The van der Waals surface area contributed by atoms with E-state index in [-0.39, 0.29) is 24.7 Å². The number of carbonyl (C=O) groups is 1. The van der Waals surface area contributed by atoms with Gasteiger partial charge in [0.05, 0.1) is 0 Å². The zero-order chi connectivity index (χ0) is 16.2. The quantitative estimate of drug-likeness (QED) is 0.730. The van der Waals surface area contributed by atoms with Crippen LogP contribution in [0.2, 0.25) is 0 Å². The van der Waals surface area contributed by atoms with Gasteiger partial charge < -0.3 is 19.5 Å². The van der Waals surface area contributed by atoms with Crippen molar-refractivity contribution in [2.24, 2.45) is 17.8 Å². The average Bonchev–Trinajstić information content (AvgIpc) is 3.27. The maximum absolute atomic E-state index is 12.4. The van der Waals surface area contributed by atoms with Crippen LogP contribution in [-0.4, -0.2) is 48.5 Å². The molecule has 0 bridgehead atoms. The molecule has 2 aliphatic heterocycles. The standard InChI is InChI=1S/C18H29NO4/c1-2-22-18-14(8-5-11-20)15(13-6-3-4-7-13)12-16(23-18)17(21)19-9-10-19/h12-15,18,20H,2-11H2,1H3/t14-,15-,18-/m0/s1. The molecule has 1 aliphatic carbocycles. The minimum Gasteiger partial charge on any atom is -0.459 e. The van der Waals surface area contributed by atoms with E-state index >= 15 is 0 Å². The molecule has 0 radical (unpaired) electrons. The lowest BCUT2D eigenvalue weighted by atomic mass is 9.76. The molecule has 1 N–H and O–H groups in total. The number of allylic oxidation sites excluding steroid dienone is 1. The zero-order valence-corrected chi connectivity index (χ0v) is 14.1. The van der Waals surface area contributed by atoms with Crippen molar-refractivity contribution in [2.75, 3.05) is 26.3 Å². The number of aliphatic hydroxyl groups excluding tert-OH is 1. The first-order valence-corrected chi connectivity index (χ1v) is 9.14. The van der Waals surface area contributed by atoms with Gasteiger partial charge >= 0.3 is 0 Å². The molecule has 2 fully saturated rings. The van der Waals surface area contributed by atoms with Gasteiger partial charge in [0.25, 0.3) is 5.91 Å². The van der Waals surface area contributed by atoms with Gasteiger partial charge in [0.1, 0.15) is 0 Å². The minimum atomic E-state index is -0.360.